The second-order valence-corrected chi connectivity index (χ2v) is 10.2. The maximum Gasteiger partial charge on any atom is 0.160 e. The van der Waals surface area contributed by atoms with E-state index in [0.717, 1.165) is 29.4 Å². The molecule has 3 heterocycles. The van der Waals surface area contributed by atoms with Crippen molar-refractivity contribution in [2.75, 3.05) is 11.5 Å². The number of benzene rings is 1. The van der Waals surface area contributed by atoms with E-state index >= 15 is 0 Å². The molecular weight excluding hydrogens is 471 g/mol. The van der Waals surface area contributed by atoms with Gasteiger partial charge in [-0.25, -0.2) is 19.3 Å². The number of fused-ring (bicyclic) bond motifs is 2. The van der Waals surface area contributed by atoms with Crippen molar-refractivity contribution in [3.63, 3.8) is 0 Å². The predicted octanol–water partition coefficient (Wildman–Crippen LogP) is 4.63. The van der Waals surface area contributed by atoms with Crippen molar-refractivity contribution in [2.45, 2.75) is 57.5 Å². The fourth-order valence-electron chi connectivity index (χ4n) is 5.16. The minimum absolute atomic E-state index is 0.121. The van der Waals surface area contributed by atoms with Crippen molar-refractivity contribution in [3.8, 4) is 0 Å². The van der Waals surface area contributed by atoms with Crippen molar-refractivity contribution >= 4 is 45.2 Å². The molecule has 0 aliphatic heterocycles. The van der Waals surface area contributed by atoms with Gasteiger partial charge in [-0.05, 0) is 75.3 Å². The number of hydrogen-bond donors (Lipinski definition) is 3. The van der Waals surface area contributed by atoms with Crippen LogP contribution in [0.15, 0.2) is 36.8 Å². The number of pyridine rings is 1. The second kappa shape index (κ2) is 8.89. The van der Waals surface area contributed by atoms with Crippen LogP contribution < -0.4 is 11.5 Å². The highest BCUT2D eigenvalue weighted by molar-refractivity contribution is 6.33. The summed E-state index contributed by atoms with van der Waals surface area (Å²) in [5, 5.41) is 11.8. The number of halogens is 2. The second-order valence-electron chi connectivity index (χ2n) is 9.75. The third kappa shape index (κ3) is 4.76. The average molecular weight is 499 g/mol. The summed E-state index contributed by atoms with van der Waals surface area (Å²) in [7, 11) is 0. The molecule has 4 aromatic rings. The Morgan fingerprint density at radius 1 is 1.17 bits per heavy atom. The molecule has 1 fully saturated rings. The third-order valence-electron chi connectivity index (χ3n) is 6.71. The van der Waals surface area contributed by atoms with Crippen molar-refractivity contribution < 1.29 is 14.2 Å². The largest absolute Gasteiger partial charge is 0.383 e. The van der Waals surface area contributed by atoms with Crippen LogP contribution in [0.3, 0.4) is 0 Å². The number of nitrogens with two attached hydrogens (primary N) is 2. The Labute approximate surface area is 207 Å². The van der Waals surface area contributed by atoms with Crippen molar-refractivity contribution in [3.05, 3.63) is 53.2 Å². The molecule has 1 aliphatic rings. The van der Waals surface area contributed by atoms with Gasteiger partial charge in [-0.1, -0.05) is 11.6 Å². The Morgan fingerprint density at radius 3 is 2.74 bits per heavy atom. The summed E-state index contributed by atoms with van der Waals surface area (Å²) >= 11 is 6.01. The van der Waals surface area contributed by atoms with Gasteiger partial charge in [0.1, 0.15) is 29.4 Å². The van der Waals surface area contributed by atoms with E-state index < -0.39 is 5.79 Å². The molecule has 10 heteroatoms. The lowest BCUT2D eigenvalue weighted by Crippen LogP contribution is -2.32. The minimum Gasteiger partial charge on any atom is -0.383 e. The van der Waals surface area contributed by atoms with E-state index in [1.54, 1.807) is 13.8 Å². The van der Waals surface area contributed by atoms with E-state index in [2.05, 4.69) is 19.5 Å². The Hall–Kier alpha value is -3.01. The van der Waals surface area contributed by atoms with E-state index in [1.165, 1.54) is 18.5 Å². The maximum atomic E-state index is 14.8. The normalized spacial score (nSPS) is 20.8. The number of hydrogen-bond acceptors (Lipinski definition) is 7. The smallest absolute Gasteiger partial charge is 0.160 e. The first-order valence-corrected chi connectivity index (χ1v) is 12.0. The van der Waals surface area contributed by atoms with Gasteiger partial charge in [0.05, 0.1) is 22.0 Å². The zero-order valence-electron chi connectivity index (χ0n) is 19.6. The van der Waals surface area contributed by atoms with Gasteiger partial charge in [0, 0.05) is 17.6 Å². The molecule has 1 saturated carbocycles. The number of nitrogens with zero attached hydrogens (tertiary/aromatic N) is 4. The van der Waals surface area contributed by atoms with Gasteiger partial charge in [0.15, 0.2) is 5.79 Å². The highest BCUT2D eigenvalue weighted by Crippen LogP contribution is 2.42. The summed E-state index contributed by atoms with van der Waals surface area (Å²) in [6.07, 6.45) is 6.19. The van der Waals surface area contributed by atoms with Crippen molar-refractivity contribution in [2.24, 2.45) is 5.92 Å². The molecule has 0 saturated heterocycles. The van der Waals surface area contributed by atoms with Gasteiger partial charge in [-0.2, -0.15) is 0 Å². The van der Waals surface area contributed by atoms with Gasteiger partial charge in [0.25, 0.3) is 0 Å². The maximum absolute atomic E-state index is 14.8. The zero-order chi connectivity index (χ0) is 24.9. The van der Waals surface area contributed by atoms with E-state index in [-0.39, 0.29) is 34.7 Å². The van der Waals surface area contributed by atoms with Crippen molar-refractivity contribution in [1.29, 1.82) is 0 Å². The topological polar surface area (TPSA) is 125 Å². The minimum atomic E-state index is -1.26. The number of rotatable bonds is 6. The summed E-state index contributed by atoms with van der Waals surface area (Å²) in [6.45, 7) is 3.27. The van der Waals surface area contributed by atoms with Gasteiger partial charge >= 0.3 is 0 Å². The summed E-state index contributed by atoms with van der Waals surface area (Å²) < 4.78 is 22.9. The molecule has 8 nitrogen and oxygen atoms in total. The van der Waals surface area contributed by atoms with E-state index in [9.17, 15) is 9.50 Å². The molecule has 184 valence electrons. The summed E-state index contributed by atoms with van der Waals surface area (Å²) in [6, 6.07) is 6.92. The quantitative estimate of drug-likeness (QED) is 0.331. The molecule has 2 unspecified atom stereocenters. The van der Waals surface area contributed by atoms with Crippen molar-refractivity contribution in [1.82, 2.24) is 19.5 Å². The number of anilines is 2. The van der Waals surface area contributed by atoms with Crippen LogP contribution in [0.25, 0.3) is 21.9 Å². The molecule has 35 heavy (non-hydrogen) atoms. The monoisotopic (exact) mass is 498 g/mol. The van der Waals surface area contributed by atoms with Gasteiger partial charge in [0.2, 0.25) is 0 Å². The van der Waals surface area contributed by atoms with Gasteiger partial charge < -0.3 is 25.9 Å². The average Bonchev–Trinajstić information content (AvgIpc) is 3.37. The Kier molecular flexibility index (Phi) is 6.03. The predicted molar refractivity (Wildman–Crippen MR) is 134 cm³/mol. The molecule has 5 N–H and O–H groups in total. The van der Waals surface area contributed by atoms with Crippen LogP contribution in [0.1, 0.15) is 44.7 Å². The number of nitrogen functional groups attached to an aromatic ring is 2. The zero-order valence-corrected chi connectivity index (χ0v) is 20.3. The first kappa shape index (κ1) is 23.7. The van der Waals surface area contributed by atoms with Crippen LogP contribution in [0.4, 0.5) is 16.0 Å². The molecule has 0 bridgehead atoms. The molecule has 1 aromatic carbocycles. The van der Waals surface area contributed by atoms with E-state index in [1.807, 2.05) is 18.3 Å². The fraction of sp³-hybridized carbons (Fsp3) is 0.400. The fourth-order valence-corrected chi connectivity index (χ4v) is 5.31. The molecule has 0 amide bonds. The Bertz CT molecular complexity index is 1400. The Morgan fingerprint density at radius 2 is 1.97 bits per heavy atom. The first-order chi connectivity index (χ1) is 16.6. The lowest BCUT2D eigenvalue weighted by Gasteiger charge is -2.27. The Balaban J connectivity index is 1.39. The number of ether oxygens (including phenoxy) is 1. The number of aryl methyl sites for hydroxylation is 1. The number of aromatic nitrogens is 4. The van der Waals surface area contributed by atoms with Crippen LogP contribution in [-0.4, -0.2) is 36.5 Å². The highest BCUT2D eigenvalue weighted by atomic mass is 35.5. The molecule has 0 radical (unpaired) electrons. The molecule has 5 rings (SSSR count). The van der Waals surface area contributed by atoms with Crippen LogP contribution in [0, 0.1) is 11.7 Å². The van der Waals surface area contributed by atoms with E-state index in [4.69, 9.17) is 27.8 Å². The summed E-state index contributed by atoms with van der Waals surface area (Å²) in [4.78, 5) is 12.7. The molecule has 1 aliphatic carbocycles. The molecular formula is C25H28ClFN6O2. The molecule has 3 aromatic heterocycles. The van der Waals surface area contributed by atoms with Crippen LogP contribution in [0.2, 0.25) is 5.02 Å². The summed E-state index contributed by atoms with van der Waals surface area (Å²) in [5.74, 6) is -0.877. The molecule has 3 atom stereocenters. The third-order valence-corrected chi connectivity index (χ3v) is 7.01. The molecule has 0 spiro atoms. The van der Waals surface area contributed by atoms with E-state index in [0.29, 0.717) is 29.6 Å². The van der Waals surface area contributed by atoms with Gasteiger partial charge in [-0.15, -0.1) is 0 Å². The summed E-state index contributed by atoms with van der Waals surface area (Å²) in [5.41, 5.74) is 13.9. The SMILES string of the molecule is CC(C)(O)O[C@H]1CC(n2ccc3c(N)ncnc32)CC1CCc1cc(F)c2cc(Cl)c(N)nc2c1. The highest BCUT2D eigenvalue weighted by Gasteiger charge is 2.38. The van der Waals surface area contributed by atoms with Crippen LogP contribution in [0.5, 0.6) is 0 Å². The van der Waals surface area contributed by atoms with Gasteiger partial charge in [-0.3, -0.25) is 0 Å². The lowest BCUT2D eigenvalue weighted by molar-refractivity contribution is -0.212. The first-order valence-electron chi connectivity index (χ1n) is 11.6. The standard InChI is InChI=1S/C25H28ClFN6O2/c1-25(2,34)35-21-10-15(33-6-5-16-22(28)30-12-31-24(16)33)9-14(21)4-3-13-7-19(27)17-11-18(26)23(29)32-20(17)8-13/h5-8,11-12,14-15,21,34H,3-4,9-10H2,1-2H3,(H2,29,32)(H2,28,30,31)/t14?,15?,21-/m0/s1. The number of aliphatic hydroxyl groups is 1. The van der Waals surface area contributed by atoms with Crippen LogP contribution >= 0.6 is 11.6 Å². The van der Waals surface area contributed by atoms with Crippen LogP contribution in [-0.2, 0) is 11.2 Å². The lowest BCUT2D eigenvalue weighted by atomic mass is 9.95.